The van der Waals surface area contributed by atoms with Crippen LogP contribution >= 0.6 is 0 Å². The summed E-state index contributed by atoms with van der Waals surface area (Å²) < 4.78 is 8.21. The van der Waals surface area contributed by atoms with Crippen LogP contribution in [0.4, 0.5) is 0 Å². The van der Waals surface area contributed by atoms with E-state index in [0.717, 1.165) is 25.9 Å². The fraction of sp³-hybridized carbons (Fsp3) is 0.824. The van der Waals surface area contributed by atoms with Gasteiger partial charge in [0.15, 0.2) is 0 Å². The maximum absolute atomic E-state index is 5.65. The fourth-order valence-electron chi connectivity index (χ4n) is 3.90. The van der Waals surface area contributed by atoms with Gasteiger partial charge in [-0.25, -0.2) is 4.98 Å². The van der Waals surface area contributed by atoms with Crippen molar-refractivity contribution in [1.82, 2.24) is 14.9 Å². The van der Waals surface area contributed by atoms with Crippen molar-refractivity contribution in [3.8, 4) is 0 Å². The van der Waals surface area contributed by atoms with Gasteiger partial charge in [0.25, 0.3) is 0 Å². The lowest BCUT2D eigenvalue weighted by atomic mass is 9.64. The lowest BCUT2D eigenvalue weighted by molar-refractivity contribution is -0.114. The first kappa shape index (κ1) is 15.0. The molecule has 1 N–H and O–H groups in total. The van der Waals surface area contributed by atoms with Crippen LogP contribution in [-0.4, -0.2) is 29.3 Å². The quantitative estimate of drug-likeness (QED) is 0.910. The van der Waals surface area contributed by atoms with Crippen molar-refractivity contribution in [3.05, 3.63) is 17.2 Å². The molecule has 2 heterocycles. The Kier molecular flexibility index (Phi) is 3.45. The molecule has 118 valence electrons. The Bertz CT molecular complexity index is 539. The average molecular weight is 291 g/mol. The molecule has 1 aromatic heterocycles. The molecule has 2 atom stereocenters. The van der Waals surface area contributed by atoms with Crippen LogP contribution in [0.3, 0.4) is 0 Å². The van der Waals surface area contributed by atoms with Crippen molar-refractivity contribution >= 4 is 0 Å². The van der Waals surface area contributed by atoms with Gasteiger partial charge in [-0.15, -0.1) is 0 Å². The number of nitrogens with zero attached hydrogens (tertiary/aromatic N) is 2. The minimum atomic E-state index is 0.0750. The highest BCUT2D eigenvalue weighted by Crippen LogP contribution is 2.53. The summed E-state index contributed by atoms with van der Waals surface area (Å²) in [5, 5.41) is 3.45. The van der Waals surface area contributed by atoms with E-state index in [1.807, 2.05) is 7.11 Å². The first-order chi connectivity index (χ1) is 9.76. The Morgan fingerprint density at radius 2 is 2.05 bits per heavy atom. The van der Waals surface area contributed by atoms with E-state index in [0.29, 0.717) is 12.1 Å². The zero-order valence-corrected chi connectivity index (χ0v) is 14.3. The SMILES string of the molecule is COC1CC(n2c(C(C)(C)C)nc3c2CCNC3)C1(C)C. The van der Waals surface area contributed by atoms with Gasteiger partial charge in [0, 0.05) is 49.2 Å². The van der Waals surface area contributed by atoms with Crippen LogP contribution in [0.25, 0.3) is 0 Å². The molecule has 0 radical (unpaired) electrons. The summed E-state index contributed by atoms with van der Waals surface area (Å²) >= 11 is 0. The first-order valence-electron chi connectivity index (χ1n) is 8.10. The highest BCUT2D eigenvalue weighted by Gasteiger charge is 2.51. The molecule has 1 saturated carbocycles. The molecule has 0 amide bonds. The number of fused-ring (bicyclic) bond motifs is 1. The van der Waals surface area contributed by atoms with Gasteiger partial charge in [-0.05, 0) is 6.42 Å². The van der Waals surface area contributed by atoms with Gasteiger partial charge in [-0.3, -0.25) is 0 Å². The minimum Gasteiger partial charge on any atom is -0.381 e. The van der Waals surface area contributed by atoms with Gasteiger partial charge in [0.2, 0.25) is 0 Å². The molecule has 1 aliphatic carbocycles. The average Bonchev–Trinajstić information content (AvgIpc) is 2.78. The summed E-state index contributed by atoms with van der Waals surface area (Å²) in [6, 6.07) is 0.506. The molecule has 2 aliphatic rings. The predicted molar refractivity (Wildman–Crippen MR) is 84.6 cm³/mol. The molecule has 0 saturated heterocycles. The molecule has 3 rings (SSSR count). The van der Waals surface area contributed by atoms with Gasteiger partial charge < -0.3 is 14.6 Å². The number of nitrogens with one attached hydrogen (secondary N) is 1. The number of imidazole rings is 1. The van der Waals surface area contributed by atoms with Crippen molar-refractivity contribution in [1.29, 1.82) is 0 Å². The van der Waals surface area contributed by atoms with Crippen LogP contribution in [0, 0.1) is 5.41 Å². The Labute approximate surface area is 128 Å². The van der Waals surface area contributed by atoms with Crippen LogP contribution in [0.2, 0.25) is 0 Å². The Morgan fingerprint density at radius 3 is 2.62 bits per heavy atom. The zero-order chi connectivity index (χ0) is 15.4. The molecule has 4 nitrogen and oxygen atoms in total. The summed E-state index contributed by atoms with van der Waals surface area (Å²) in [6.45, 7) is 13.4. The van der Waals surface area contributed by atoms with Crippen molar-refractivity contribution in [2.24, 2.45) is 5.41 Å². The summed E-state index contributed by atoms with van der Waals surface area (Å²) in [6.07, 6.45) is 2.54. The van der Waals surface area contributed by atoms with Gasteiger partial charge in [-0.2, -0.15) is 0 Å². The van der Waals surface area contributed by atoms with Gasteiger partial charge in [-0.1, -0.05) is 34.6 Å². The maximum atomic E-state index is 5.65. The molecule has 0 aromatic carbocycles. The van der Waals surface area contributed by atoms with E-state index < -0.39 is 0 Å². The molecular weight excluding hydrogens is 262 g/mol. The lowest BCUT2D eigenvalue weighted by Crippen LogP contribution is -2.52. The van der Waals surface area contributed by atoms with E-state index in [-0.39, 0.29) is 10.8 Å². The molecule has 4 heteroatoms. The summed E-state index contributed by atoms with van der Waals surface area (Å²) in [5.74, 6) is 1.24. The Morgan fingerprint density at radius 1 is 1.33 bits per heavy atom. The second-order valence-corrected chi connectivity index (χ2v) is 8.17. The second-order valence-electron chi connectivity index (χ2n) is 8.17. The van der Waals surface area contributed by atoms with Crippen molar-refractivity contribution in [3.63, 3.8) is 0 Å². The number of rotatable bonds is 2. The topological polar surface area (TPSA) is 39.1 Å². The Hall–Kier alpha value is -0.870. The van der Waals surface area contributed by atoms with E-state index in [4.69, 9.17) is 9.72 Å². The summed E-state index contributed by atoms with van der Waals surface area (Å²) in [5.41, 5.74) is 2.95. The van der Waals surface area contributed by atoms with Crippen LogP contribution in [-0.2, 0) is 23.1 Å². The molecule has 1 fully saturated rings. The number of hydrogen-bond donors (Lipinski definition) is 1. The van der Waals surface area contributed by atoms with Crippen LogP contribution in [0.5, 0.6) is 0 Å². The standard InChI is InChI=1S/C17H29N3O/c1-16(2,3)15-19-11-10-18-8-7-12(11)20(15)13-9-14(21-6)17(13,4)5/h13-14,18H,7-10H2,1-6H3. The molecule has 21 heavy (non-hydrogen) atoms. The fourth-order valence-corrected chi connectivity index (χ4v) is 3.90. The largest absolute Gasteiger partial charge is 0.381 e. The normalized spacial score (nSPS) is 28.1. The van der Waals surface area contributed by atoms with Crippen LogP contribution in [0.15, 0.2) is 0 Å². The van der Waals surface area contributed by atoms with Crippen LogP contribution < -0.4 is 5.32 Å². The predicted octanol–water partition coefficient (Wildman–Crippen LogP) is 2.81. The third kappa shape index (κ3) is 2.23. The third-order valence-electron chi connectivity index (χ3n) is 5.32. The van der Waals surface area contributed by atoms with E-state index in [1.54, 1.807) is 0 Å². The van der Waals surface area contributed by atoms with Gasteiger partial charge >= 0.3 is 0 Å². The molecule has 1 aliphatic heterocycles. The van der Waals surface area contributed by atoms with E-state index >= 15 is 0 Å². The first-order valence-corrected chi connectivity index (χ1v) is 8.10. The van der Waals surface area contributed by atoms with Gasteiger partial charge in [0.05, 0.1) is 11.8 Å². The molecular formula is C17H29N3O. The van der Waals surface area contributed by atoms with E-state index in [1.165, 1.54) is 17.2 Å². The van der Waals surface area contributed by atoms with Gasteiger partial charge in [0.1, 0.15) is 5.82 Å². The number of ether oxygens (including phenoxy) is 1. The molecule has 1 aromatic rings. The lowest BCUT2D eigenvalue weighted by Gasteiger charge is -2.53. The maximum Gasteiger partial charge on any atom is 0.114 e. The number of hydrogen-bond acceptors (Lipinski definition) is 3. The second kappa shape index (κ2) is 4.82. The van der Waals surface area contributed by atoms with Crippen molar-refractivity contribution in [2.45, 2.75) is 71.6 Å². The highest BCUT2D eigenvalue weighted by molar-refractivity contribution is 5.26. The van der Waals surface area contributed by atoms with Crippen LogP contribution in [0.1, 0.15) is 64.3 Å². The molecule has 0 bridgehead atoms. The summed E-state index contributed by atoms with van der Waals surface area (Å²) in [7, 11) is 1.83. The number of methoxy groups -OCH3 is 1. The van der Waals surface area contributed by atoms with E-state index in [2.05, 4.69) is 44.5 Å². The zero-order valence-electron chi connectivity index (χ0n) is 14.3. The van der Waals surface area contributed by atoms with E-state index in [9.17, 15) is 0 Å². The summed E-state index contributed by atoms with van der Waals surface area (Å²) in [4.78, 5) is 5.00. The minimum absolute atomic E-state index is 0.0750. The Balaban J connectivity index is 2.07. The highest BCUT2D eigenvalue weighted by atomic mass is 16.5. The van der Waals surface area contributed by atoms with Crippen molar-refractivity contribution < 1.29 is 4.74 Å². The smallest absolute Gasteiger partial charge is 0.114 e. The monoisotopic (exact) mass is 291 g/mol. The molecule has 0 spiro atoms. The molecule has 2 unspecified atom stereocenters. The third-order valence-corrected chi connectivity index (χ3v) is 5.32. The number of aromatic nitrogens is 2. The van der Waals surface area contributed by atoms with Crippen molar-refractivity contribution in [2.75, 3.05) is 13.7 Å².